The zero-order chi connectivity index (χ0) is 22.0. The van der Waals surface area contributed by atoms with Crippen LogP contribution >= 0.6 is 23.2 Å². The molecular formula is C19H20Cl2N6O3. The van der Waals surface area contributed by atoms with Crippen LogP contribution in [0.2, 0.25) is 10.0 Å². The van der Waals surface area contributed by atoms with Crippen LogP contribution in [-0.4, -0.2) is 35.5 Å². The highest BCUT2D eigenvalue weighted by molar-refractivity contribution is 6.37. The summed E-state index contributed by atoms with van der Waals surface area (Å²) in [6.07, 6.45) is 0. The third kappa shape index (κ3) is 4.48. The minimum Gasteiger partial charge on any atom is -0.434 e. The van der Waals surface area contributed by atoms with E-state index in [0.29, 0.717) is 29.2 Å². The van der Waals surface area contributed by atoms with E-state index in [1.807, 2.05) is 13.8 Å². The number of aromatic amines is 1. The van der Waals surface area contributed by atoms with Gasteiger partial charge in [-0.05, 0) is 25.1 Å². The van der Waals surface area contributed by atoms with Crippen LogP contribution in [0.25, 0.3) is 0 Å². The van der Waals surface area contributed by atoms with Crippen molar-refractivity contribution < 1.29 is 9.53 Å². The lowest BCUT2D eigenvalue weighted by Crippen LogP contribution is -2.45. The second-order valence-corrected chi connectivity index (χ2v) is 7.60. The van der Waals surface area contributed by atoms with Gasteiger partial charge >= 0.3 is 6.03 Å². The van der Waals surface area contributed by atoms with Gasteiger partial charge in [0.05, 0.1) is 27.1 Å². The van der Waals surface area contributed by atoms with Crippen LogP contribution in [0.5, 0.6) is 11.6 Å². The number of ether oxygens (including phenoxy) is 1. The lowest BCUT2D eigenvalue weighted by molar-refractivity contribution is 0.248. The summed E-state index contributed by atoms with van der Waals surface area (Å²) in [5.41, 5.74) is 1.53. The SMILES string of the molecule is C=C1NC(=O)N(c2cc(Cl)c(Oc3cc(C(C)C)c(=O)[nH]n3)c(Cl)c2)N=C1CNC. The first-order chi connectivity index (χ1) is 14.2. The number of nitrogens with zero attached hydrogens (tertiary/aromatic N) is 3. The van der Waals surface area contributed by atoms with Gasteiger partial charge in [-0.1, -0.05) is 43.6 Å². The number of carbonyl (C=O) groups is 1. The maximum Gasteiger partial charge on any atom is 0.347 e. The number of hydrogen-bond acceptors (Lipinski definition) is 6. The summed E-state index contributed by atoms with van der Waals surface area (Å²) in [6, 6.07) is 4.02. The third-order valence-electron chi connectivity index (χ3n) is 4.23. The molecule has 0 bridgehead atoms. The van der Waals surface area contributed by atoms with E-state index in [9.17, 15) is 9.59 Å². The average molecular weight is 451 g/mol. The highest BCUT2D eigenvalue weighted by Crippen LogP contribution is 2.40. The summed E-state index contributed by atoms with van der Waals surface area (Å²) < 4.78 is 5.71. The van der Waals surface area contributed by atoms with Crippen molar-refractivity contribution >= 4 is 40.6 Å². The summed E-state index contributed by atoms with van der Waals surface area (Å²) in [7, 11) is 1.76. The van der Waals surface area contributed by atoms with Crippen molar-refractivity contribution in [1.29, 1.82) is 0 Å². The number of benzene rings is 1. The van der Waals surface area contributed by atoms with Gasteiger partial charge in [0.25, 0.3) is 5.56 Å². The zero-order valence-electron chi connectivity index (χ0n) is 16.5. The van der Waals surface area contributed by atoms with Gasteiger partial charge in [-0.2, -0.15) is 10.1 Å². The summed E-state index contributed by atoms with van der Waals surface area (Å²) in [5, 5.41) is 17.6. The lowest BCUT2D eigenvalue weighted by Gasteiger charge is -2.26. The van der Waals surface area contributed by atoms with E-state index < -0.39 is 6.03 Å². The number of carbonyl (C=O) groups excluding carboxylic acids is 1. The molecule has 3 N–H and O–H groups in total. The van der Waals surface area contributed by atoms with Gasteiger partial charge in [0.1, 0.15) is 0 Å². The van der Waals surface area contributed by atoms with E-state index in [4.69, 9.17) is 27.9 Å². The molecule has 0 atom stereocenters. The second-order valence-electron chi connectivity index (χ2n) is 6.78. The highest BCUT2D eigenvalue weighted by atomic mass is 35.5. The standard InChI is InChI=1S/C19H20Cl2N6O3/c1-9(2)12-7-16(24-25-18(12)28)30-17-13(20)5-11(6-14(17)21)27-19(29)23-10(3)15(26-27)8-22-4/h5-7,9,22H,3,8H2,1-2,4H3,(H,23,29)(H,25,28). The van der Waals surface area contributed by atoms with E-state index in [1.54, 1.807) is 7.05 Å². The molecule has 1 aliphatic heterocycles. The molecule has 30 heavy (non-hydrogen) atoms. The molecule has 3 rings (SSSR count). The van der Waals surface area contributed by atoms with Crippen molar-refractivity contribution in [3.05, 3.63) is 56.4 Å². The fraction of sp³-hybridized carbons (Fsp3) is 0.263. The van der Waals surface area contributed by atoms with Gasteiger partial charge in [0.2, 0.25) is 5.88 Å². The number of aromatic nitrogens is 2. The number of urea groups is 1. The topological polar surface area (TPSA) is 112 Å². The van der Waals surface area contributed by atoms with E-state index >= 15 is 0 Å². The Balaban J connectivity index is 1.95. The van der Waals surface area contributed by atoms with Crippen LogP contribution in [0, 0.1) is 0 Å². The Morgan fingerprint density at radius 2 is 1.90 bits per heavy atom. The first kappa shape index (κ1) is 21.8. The van der Waals surface area contributed by atoms with E-state index in [0.717, 1.165) is 5.01 Å². The second kappa shape index (κ2) is 8.86. The molecule has 0 saturated heterocycles. The third-order valence-corrected chi connectivity index (χ3v) is 4.79. The monoisotopic (exact) mass is 450 g/mol. The maximum atomic E-state index is 12.4. The van der Waals surface area contributed by atoms with Crippen molar-refractivity contribution in [3.63, 3.8) is 0 Å². The van der Waals surface area contributed by atoms with Crippen molar-refractivity contribution in [2.24, 2.45) is 5.10 Å². The number of hydrazone groups is 1. The molecule has 1 aromatic carbocycles. The normalized spacial score (nSPS) is 14.1. The lowest BCUT2D eigenvalue weighted by atomic mass is 10.1. The quantitative estimate of drug-likeness (QED) is 0.622. The molecule has 11 heteroatoms. The van der Waals surface area contributed by atoms with Crippen molar-refractivity contribution in [2.75, 3.05) is 18.6 Å². The summed E-state index contributed by atoms with van der Waals surface area (Å²) in [5.74, 6) is 0.248. The van der Waals surface area contributed by atoms with E-state index in [-0.39, 0.29) is 33.2 Å². The summed E-state index contributed by atoms with van der Waals surface area (Å²) in [6.45, 7) is 7.95. The predicted molar refractivity (Wildman–Crippen MR) is 117 cm³/mol. The van der Waals surface area contributed by atoms with Crippen LogP contribution in [0.15, 0.2) is 40.4 Å². The van der Waals surface area contributed by atoms with Gasteiger partial charge in [0.15, 0.2) is 5.75 Å². The number of anilines is 1. The number of hydrogen-bond donors (Lipinski definition) is 3. The van der Waals surface area contributed by atoms with Crippen molar-refractivity contribution in [1.82, 2.24) is 20.8 Å². The Morgan fingerprint density at radius 3 is 2.50 bits per heavy atom. The van der Waals surface area contributed by atoms with Crippen LogP contribution in [-0.2, 0) is 0 Å². The Bertz CT molecular complexity index is 1070. The zero-order valence-corrected chi connectivity index (χ0v) is 18.1. The molecule has 0 spiro atoms. The predicted octanol–water partition coefficient (Wildman–Crippen LogP) is 3.61. The first-order valence-electron chi connectivity index (χ1n) is 9.00. The van der Waals surface area contributed by atoms with E-state index in [2.05, 4.69) is 32.5 Å². The Hall–Kier alpha value is -2.88. The molecule has 2 aromatic rings. The Morgan fingerprint density at radius 1 is 1.23 bits per heavy atom. The molecule has 0 unspecified atom stereocenters. The van der Waals surface area contributed by atoms with Gasteiger partial charge in [-0.15, -0.1) is 5.10 Å². The van der Waals surface area contributed by atoms with Gasteiger partial charge in [0, 0.05) is 18.2 Å². The van der Waals surface area contributed by atoms with Crippen molar-refractivity contribution in [3.8, 4) is 11.6 Å². The molecule has 0 fully saturated rings. The first-order valence-corrected chi connectivity index (χ1v) is 9.75. The molecule has 158 valence electrons. The maximum absolute atomic E-state index is 12.4. The Labute approximate surface area is 182 Å². The minimum atomic E-state index is -0.496. The summed E-state index contributed by atoms with van der Waals surface area (Å²) in [4.78, 5) is 24.2. The number of nitrogens with one attached hydrogen (secondary N) is 3. The fourth-order valence-corrected chi connectivity index (χ4v) is 3.27. The molecular weight excluding hydrogens is 431 g/mol. The van der Waals surface area contributed by atoms with Crippen LogP contribution in [0.3, 0.4) is 0 Å². The van der Waals surface area contributed by atoms with Crippen molar-refractivity contribution in [2.45, 2.75) is 19.8 Å². The van der Waals surface area contributed by atoms with Gasteiger partial charge in [-0.25, -0.2) is 9.89 Å². The Kier molecular flexibility index (Phi) is 6.45. The molecule has 0 radical (unpaired) electrons. The minimum absolute atomic E-state index is 0.0237. The van der Waals surface area contributed by atoms with Crippen LogP contribution in [0.1, 0.15) is 25.3 Å². The molecule has 2 heterocycles. The molecule has 9 nitrogen and oxygen atoms in total. The molecule has 1 aromatic heterocycles. The molecule has 2 amide bonds. The van der Waals surface area contributed by atoms with Gasteiger partial charge < -0.3 is 15.4 Å². The number of rotatable bonds is 6. The molecule has 1 aliphatic rings. The van der Waals surface area contributed by atoms with Crippen LogP contribution < -0.4 is 25.9 Å². The van der Waals surface area contributed by atoms with Gasteiger partial charge in [-0.3, -0.25) is 4.79 Å². The van der Waals surface area contributed by atoms with E-state index in [1.165, 1.54) is 18.2 Å². The highest BCUT2D eigenvalue weighted by Gasteiger charge is 2.26. The summed E-state index contributed by atoms with van der Waals surface area (Å²) >= 11 is 12.7. The number of halogens is 2. The largest absolute Gasteiger partial charge is 0.434 e. The smallest absolute Gasteiger partial charge is 0.347 e. The molecule has 0 aliphatic carbocycles. The number of amides is 2. The average Bonchev–Trinajstić information content (AvgIpc) is 2.67. The number of H-pyrrole nitrogens is 1. The molecule has 0 saturated carbocycles. The fourth-order valence-electron chi connectivity index (χ4n) is 2.72. The van der Waals surface area contributed by atoms with Crippen LogP contribution in [0.4, 0.5) is 10.5 Å².